The molecule has 0 spiro atoms. The Bertz CT molecular complexity index is 804. The first-order valence-electron chi connectivity index (χ1n) is 7.67. The van der Waals surface area contributed by atoms with Crippen LogP contribution in [0.1, 0.15) is 11.1 Å². The topological polar surface area (TPSA) is 74.0 Å². The second-order valence-electron chi connectivity index (χ2n) is 6.03. The molecular weight excluding hydrogens is 296 g/mol. The molecule has 0 unspecified atom stereocenters. The fourth-order valence-electron chi connectivity index (χ4n) is 2.91. The van der Waals surface area contributed by atoms with Crippen molar-refractivity contribution >= 4 is 16.9 Å². The van der Waals surface area contributed by atoms with E-state index in [2.05, 4.69) is 4.90 Å². The van der Waals surface area contributed by atoms with Crippen LogP contribution < -0.4 is 5.63 Å². The van der Waals surface area contributed by atoms with E-state index in [1.807, 2.05) is 14.0 Å². The van der Waals surface area contributed by atoms with E-state index in [9.17, 15) is 14.7 Å². The molecule has 1 aromatic carbocycles. The highest BCUT2D eigenvalue weighted by Crippen LogP contribution is 2.23. The van der Waals surface area contributed by atoms with Crippen molar-refractivity contribution in [1.29, 1.82) is 0 Å². The minimum atomic E-state index is -0.511. The molecule has 2 heterocycles. The number of phenols is 1. The Morgan fingerprint density at radius 2 is 1.96 bits per heavy atom. The first kappa shape index (κ1) is 15.6. The standard InChI is InChI=1S/C17H20N2O4/c1-11-13-4-3-12(20)9-15(13)23-17(22)14(11)10-16(21)19-7-5-18(2)6-8-19/h3-4,9,20H,5-8,10H2,1-2H3. The van der Waals surface area contributed by atoms with Crippen LogP contribution in [-0.2, 0) is 11.2 Å². The Morgan fingerprint density at radius 3 is 2.65 bits per heavy atom. The number of carbonyl (C=O) groups excluding carboxylic acids is 1. The van der Waals surface area contributed by atoms with Crippen molar-refractivity contribution in [3.05, 3.63) is 39.7 Å². The van der Waals surface area contributed by atoms with Crippen LogP contribution in [0.3, 0.4) is 0 Å². The number of rotatable bonds is 2. The molecule has 6 heteroatoms. The molecule has 1 aliphatic rings. The first-order valence-corrected chi connectivity index (χ1v) is 7.67. The zero-order valence-corrected chi connectivity index (χ0v) is 13.3. The fourth-order valence-corrected chi connectivity index (χ4v) is 2.91. The van der Waals surface area contributed by atoms with Gasteiger partial charge in [0, 0.05) is 37.6 Å². The number of phenolic OH excluding ortho intramolecular Hbond substituents is 1. The van der Waals surface area contributed by atoms with Crippen LogP contribution in [0.5, 0.6) is 5.75 Å². The van der Waals surface area contributed by atoms with E-state index in [1.54, 1.807) is 17.0 Å². The molecule has 0 aliphatic carbocycles. The van der Waals surface area contributed by atoms with Gasteiger partial charge in [-0.1, -0.05) is 0 Å². The maximum atomic E-state index is 12.5. The largest absolute Gasteiger partial charge is 0.508 e. The zero-order chi connectivity index (χ0) is 16.6. The number of nitrogens with zero attached hydrogens (tertiary/aromatic N) is 2. The van der Waals surface area contributed by atoms with Crippen LogP contribution in [0.4, 0.5) is 0 Å². The molecular formula is C17H20N2O4. The monoisotopic (exact) mass is 316 g/mol. The molecule has 1 fully saturated rings. The molecule has 2 aromatic rings. The van der Waals surface area contributed by atoms with Gasteiger partial charge in [-0.15, -0.1) is 0 Å². The van der Waals surface area contributed by atoms with Crippen LogP contribution in [0.2, 0.25) is 0 Å². The van der Waals surface area contributed by atoms with Crippen LogP contribution in [0, 0.1) is 6.92 Å². The molecule has 1 aliphatic heterocycles. The van der Waals surface area contributed by atoms with Gasteiger partial charge in [0.25, 0.3) is 0 Å². The average Bonchev–Trinajstić information content (AvgIpc) is 2.51. The van der Waals surface area contributed by atoms with Gasteiger partial charge in [-0.3, -0.25) is 4.79 Å². The molecule has 3 rings (SSSR count). The van der Waals surface area contributed by atoms with E-state index in [4.69, 9.17) is 4.42 Å². The van der Waals surface area contributed by atoms with E-state index < -0.39 is 5.63 Å². The molecule has 6 nitrogen and oxygen atoms in total. The number of hydrogen-bond acceptors (Lipinski definition) is 5. The Balaban J connectivity index is 1.89. The Labute approximate surface area is 133 Å². The average molecular weight is 316 g/mol. The van der Waals surface area contributed by atoms with Gasteiger partial charge in [0.05, 0.1) is 12.0 Å². The number of aryl methyl sites for hydroxylation is 1. The highest BCUT2D eigenvalue weighted by molar-refractivity contribution is 5.85. The molecule has 0 bridgehead atoms. The van der Waals surface area contributed by atoms with Gasteiger partial charge >= 0.3 is 5.63 Å². The van der Waals surface area contributed by atoms with Crippen molar-refractivity contribution < 1.29 is 14.3 Å². The Kier molecular flexibility index (Phi) is 4.09. The number of aromatic hydroxyl groups is 1. The molecule has 1 amide bonds. The molecule has 1 saturated heterocycles. The van der Waals surface area contributed by atoms with Gasteiger partial charge in [-0.05, 0) is 31.7 Å². The molecule has 0 saturated carbocycles. The molecule has 23 heavy (non-hydrogen) atoms. The summed E-state index contributed by atoms with van der Waals surface area (Å²) >= 11 is 0. The van der Waals surface area contributed by atoms with Crippen molar-refractivity contribution in [1.82, 2.24) is 9.80 Å². The van der Waals surface area contributed by atoms with E-state index in [0.29, 0.717) is 24.2 Å². The van der Waals surface area contributed by atoms with Gasteiger partial charge < -0.3 is 19.3 Å². The summed E-state index contributed by atoms with van der Waals surface area (Å²) < 4.78 is 5.27. The molecule has 122 valence electrons. The lowest BCUT2D eigenvalue weighted by Crippen LogP contribution is -2.47. The first-order chi connectivity index (χ1) is 11.0. The smallest absolute Gasteiger partial charge is 0.340 e. The number of likely N-dealkylation sites (N-methyl/N-ethyl adjacent to an activating group) is 1. The number of amides is 1. The lowest BCUT2D eigenvalue weighted by molar-refractivity contribution is -0.132. The van der Waals surface area contributed by atoms with Crippen LogP contribution in [-0.4, -0.2) is 54.0 Å². The molecule has 1 aromatic heterocycles. The quantitative estimate of drug-likeness (QED) is 0.841. The summed E-state index contributed by atoms with van der Waals surface area (Å²) in [5, 5.41) is 10.2. The SMILES string of the molecule is Cc1c(CC(=O)N2CCN(C)CC2)c(=O)oc2cc(O)ccc12. The van der Waals surface area contributed by atoms with Gasteiger partial charge in [0.2, 0.25) is 5.91 Å². The van der Waals surface area contributed by atoms with Crippen molar-refractivity contribution in [3.63, 3.8) is 0 Å². The predicted octanol–water partition coefficient (Wildman–Crippen LogP) is 1.12. The van der Waals surface area contributed by atoms with E-state index in [1.165, 1.54) is 6.07 Å². The van der Waals surface area contributed by atoms with Crippen molar-refractivity contribution in [2.75, 3.05) is 33.2 Å². The lowest BCUT2D eigenvalue weighted by atomic mass is 10.0. The minimum Gasteiger partial charge on any atom is -0.508 e. The van der Waals surface area contributed by atoms with Crippen LogP contribution >= 0.6 is 0 Å². The Hall–Kier alpha value is -2.34. The summed E-state index contributed by atoms with van der Waals surface area (Å²) in [6.07, 6.45) is 0.0503. The fraction of sp³-hybridized carbons (Fsp3) is 0.412. The van der Waals surface area contributed by atoms with E-state index >= 15 is 0 Å². The predicted molar refractivity (Wildman–Crippen MR) is 86.7 cm³/mol. The second-order valence-corrected chi connectivity index (χ2v) is 6.03. The van der Waals surface area contributed by atoms with Gasteiger partial charge in [0.1, 0.15) is 11.3 Å². The Morgan fingerprint density at radius 1 is 1.26 bits per heavy atom. The van der Waals surface area contributed by atoms with Crippen LogP contribution in [0.25, 0.3) is 11.0 Å². The van der Waals surface area contributed by atoms with Gasteiger partial charge in [-0.25, -0.2) is 4.79 Å². The van der Waals surface area contributed by atoms with E-state index in [0.717, 1.165) is 24.0 Å². The van der Waals surface area contributed by atoms with E-state index in [-0.39, 0.29) is 18.1 Å². The highest BCUT2D eigenvalue weighted by atomic mass is 16.4. The third kappa shape index (κ3) is 3.07. The summed E-state index contributed by atoms with van der Waals surface area (Å²) in [6.45, 7) is 4.86. The number of carbonyl (C=O) groups is 1. The molecule has 0 atom stereocenters. The number of fused-ring (bicyclic) bond motifs is 1. The lowest BCUT2D eigenvalue weighted by Gasteiger charge is -2.32. The van der Waals surface area contributed by atoms with Crippen molar-refractivity contribution in [2.24, 2.45) is 0 Å². The van der Waals surface area contributed by atoms with Gasteiger partial charge in [0.15, 0.2) is 0 Å². The third-order valence-electron chi connectivity index (χ3n) is 4.45. The van der Waals surface area contributed by atoms with Crippen LogP contribution in [0.15, 0.2) is 27.4 Å². The molecule has 0 radical (unpaired) electrons. The maximum Gasteiger partial charge on any atom is 0.340 e. The summed E-state index contributed by atoms with van der Waals surface area (Å²) in [6, 6.07) is 4.66. The number of benzene rings is 1. The van der Waals surface area contributed by atoms with Gasteiger partial charge in [-0.2, -0.15) is 0 Å². The second kappa shape index (κ2) is 6.04. The normalized spacial score (nSPS) is 16.0. The third-order valence-corrected chi connectivity index (χ3v) is 4.45. The zero-order valence-electron chi connectivity index (χ0n) is 13.3. The summed E-state index contributed by atoms with van der Waals surface area (Å²) in [5.41, 5.74) is 0.956. The van der Waals surface area contributed by atoms with Crippen molar-refractivity contribution in [2.45, 2.75) is 13.3 Å². The summed E-state index contributed by atoms with van der Waals surface area (Å²) in [7, 11) is 2.03. The maximum absolute atomic E-state index is 12.5. The number of hydrogen-bond donors (Lipinski definition) is 1. The highest BCUT2D eigenvalue weighted by Gasteiger charge is 2.22. The van der Waals surface area contributed by atoms with Crippen molar-refractivity contribution in [3.8, 4) is 5.75 Å². The number of piperazine rings is 1. The molecule has 1 N–H and O–H groups in total. The summed E-state index contributed by atoms with van der Waals surface area (Å²) in [5.74, 6) is -0.00654. The summed E-state index contributed by atoms with van der Waals surface area (Å²) in [4.78, 5) is 28.6. The minimum absolute atomic E-state index is 0.0429.